The first-order valence-corrected chi connectivity index (χ1v) is 10.9. The molecule has 156 valence electrons. The number of hydrogen-bond donors (Lipinski definition) is 0. The second kappa shape index (κ2) is 9.93. The van der Waals surface area contributed by atoms with Crippen molar-refractivity contribution in [3.63, 3.8) is 0 Å². The summed E-state index contributed by atoms with van der Waals surface area (Å²) in [7, 11) is 0. The Kier molecular flexibility index (Phi) is 6.84. The number of thiazole rings is 1. The Hall–Kier alpha value is -2.61. The van der Waals surface area contributed by atoms with Crippen molar-refractivity contribution in [3.05, 3.63) is 66.0 Å². The van der Waals surface area contributed by atoms with Gasteiger partial charge in [0.05, 0.1) is 23.4 Å². The molecule has 7 heteroatoms. The van der Waals surface area contributed by atoms with Crippen molar-refractivity contribution in [1.29, 1.82) is 0 Å². The molecule has 0 atom stereocenters. The molecule has 2 aromatic carbocycles. The zero-order chi connectivity index (χ0) is 20.8. The lowest BCUT2D eigenvalue weighted by molar-refractivity contribution is -0.114. The Morgan fingerprint density at radius 2 is 2.00 bits per heavy atom. The lowest BCUT2D eigenvalue weighted by Crippen LogP contribution is -2.39. The van der Waals surface area contributed by atoms with Crippen LogP contribution in [0.5, 0.6) is 0 Å². The minimum Gasteiger partial charge on any atom is -0.379 e. The molecule has 2 heterocycles. The summed E-state index contributed by atoms with van der Waals surface area (Å²) in [5.74, 6) is -0.424. The van der Waals surface area contributed by atoms with Crippen molar-refractivity contribution in [2.45, 2.75) is 6.42 Å². The van der Waals surface area contributed by atoms with E-state index in [1.165, 1.54) is 23.5 Å². The maximum absolute atomic E-state index is 13.6. The van der Waals surface area contributed by atoms with Gasteiger partial charge in [-0.2, -0.15) is 0 Å². The van der Waals surface area contributed by atoms with Gasteiger partial charge in [0, 0.05) is 32.3 Å². The standard InChI is InChI=1S/C23H24FN3O2S/c24-19-8-9-20-21(17-19)30-23(25-20)27(12-4-11-26-13-15-29-16-14-26)22(28)10-7-18-5-2-1-3-6-18/h1-3,5-10,17H,4,11-16H2/b10-7+. The van der Waals surface area contributed by atoms with E-state index in [0.29, 0.717) is 17.2 Å². The third kappa shape index (κ3) is 5.30. The van der Waals surface area contributed by atoms with Gasteiger partial charge in [0.1, 0.15) is 5.82 Å². The molecule has 0 spiro atoms. The Labute approximate surface area is 179 Å². The molecule has 1 aliphatic rings. The van der Waals surface area contributed by atoms with E-state index in [1.54, 1.807) is 17.0 Å². The van der Waals surface area contributed by atoms with Crippen molar-refractivity contribution in [3.8, 4) is 0 Å². The lowest BCUT2D eigenvalue weighted by atomic mass is 10.2. The predicted octanol–water partition coefficient (Wildman–Crippen LogP) is 4.20. The summed E-state index contributed by atoms with van der Waals surface area (Å²) in [5, 5.41) is 0.597. The fourth-order valence-corrected chi connectivity index (χ4v) is 4.42. The molecule has 1 amide bonds. The fourth-order valence-electron chi connectivity index (χ4n) is 3.40. The van der Waals surface area contributed by atoms with Crippen LogP contribution in [0.4, 0.5) is 9.52 Å². The van der Waals surface area contributed by atoms with Gasteiger partial charge in [0.25, 0.3) is 5.91 Å². The molecular weight excluding hydrogens is 401 g/mol. The summed E-state index contributed by atoms with van der Waals surface area (Å²) in [6.45, 7) is 4.80. The first-order chi connectivity index (χ1) is 14.7. The number of fused-ring (bicyclic) bond motifs is 1. The number of aromatic nitrogens is 1. The van der Waals surface area contributed by atoms with Crippen molar-refractivity contribution >= 4 is 38.7 Å². The van der Waals surface area contributed by atoms with Crippen LogP contribution in [0.1, 0.15) is 12.0 Å². The van der Waals surface area contributed by atoms with Crippen LogP contribution in [0, 0.1) is 5.82 Å². The SMILES string of the molecule is O=C(/C=C/c1ccccc1)N(CCCN1CCOCC1)c1nc2ccc(F)cc2s1. The Balaban J connectivity index is 1.51. The molecule has 0 radical (unpaired) electrons. The highest BCUT2D eigenvalue weighted by atomic mass is 32.1. The quantitative estimate of drug-likeness (QED) is 0.532. The average molecular weight is 426 g/mol. The summed E-state index contributed by atoms with van der Waals surface area (Å²) in [6, 6.07) is 14.2. The van der Waals surface area contributed by atoms with E-state index in [4.69, 9.17) is 4.74 Å². The topological polar surface area (TPSA) is 45.7 Å². The van der Waals surface area contributed by atoms with Crippen molar-refractivity contribution in [2.24, 2.45) is 0 Å². The molecule has 0 bridgehead atoms. The van der Waals surface area contributed by atoms with Crippen LogP contribution in [0.25, 0.3) is 16.3 Å². The highest BCUT2D eigenvalue weighted by Crippen LogP contribution is 2.30. The van der Waals surface area contributed by atoms with E-state index in [2.05, 4.69) is 9.88 Å². The minimum absolute atomic E-state index is 0.125. The molecule has 4 rings (SSSR count). The van der Waals surface area contributed by atoms with Crippen LogP contribution in [0.15, 0.2) is 54.6 Å². The molecule has 30 heavy (non-hydrogen) atoms. The molecular formula is C23H24FN3O2S. The van der Waals surface area contributed by atoms with Crippen molar-refractivity contribution < 1.29 is 13.9 Å². The van der Waals surface area contributed by atoms with E-state index in [0.717, 1.165) is 49.5 Å². The normalized spacial score (nSPS) is 15.1. The molecule has 0 aliphatic carbocycles. The first kappa shape index (κ1) is 20.7. The molecule has 0 saturated carbocycles. The van der Waals surface area contributed by atoms with E-state index in [-0.39, 0.29) is 11.7 Å². The molecule has 3 aromatic rings. The Morgan fingerprint density at radius 1 is 1.20 bits per heavy atom. The van der Waals surface area contributed by atoms with Crippen molar-refractivity contribution in [1.82, 2.24) is 9.88 Å². The average Bonchev–Trinajstić information content (AvgIpc) is 3.19. The number of carbonyl (C=O) groups is 1. The minimum atomic E-state index is -0.299. The molecule has 5 nitrogen and oxygen atoms in total. The lowest BCUT2D eigenvalue weighted by Gasteiger charge is -2.27. The predicted molar refractivity (Wildman–Crippen MR) is 119 cm³/mol. The number of carbonyl (C=O) groups excluding carboxylic acids is 1. The number of benzene rings is 2. The molecule has 1 saturated heterocycles. The van der Waals surface area contributed by atoms with Gasteiger partial charge >= 0.3 is 0 Å². The second-order valence-electron chi connectivity index (χ2n) is 7.15. The third-order valence-corrected chi connectivity index (χ3v) is 6.05. The zero-order valence-electron chi connectivity index (χ0n) is 16.7. The van der Waals surface area contributed by atoms with Gasteiger partial charge in [-0.25, -0.2) is 9.37 Å². The van der Waals surface area contributed by atoms with Crippen molar-refractivity contribution in [2.75, 3.05) is 44.3 Å². The molecule has 1 aliphatic heterocycles. The number of nitrogens with zero attached hydrogens (tertiary/aromatic N) is 3. The number of halogens is 1. The molecule has 0 N–H and O–H groups in total. The number of hydrogen-bond acceptors (Lipinski definition) is 5. The van der Waals surface area contributed by atoms with E-state index < -0.39 is 0 Å². The van der Waals surface area contributed by atoms with Crippen LogP contribution >= 0.6 is 11.3 Å². The van der Waals surface area contributed by atoms with Crippen LogP contribution in [0.2, 0.25) is 0 Å². The Morgan fingerprint density at radius 3 is 2.80 bits per heavy atom. The Bertz CT molecular complexity index is 1020. The van der Waals surface area contributed by atoms with Gasteiger partial charge < -0.3 is 4.74 Å². The maximum atomic E-state index is 13.6. The van der Waals surface area contributed by atoms with Gasteiger partial charge in [-0.3, -0.25) is 14.6 Å². The van der Waals surface area contributed by atoms with Crippen LogP contribution in [0.3, 0.4) is 0 Å². The molecule has 0 unspecified atom stereocenters. The van der Waals surface area contributed by atoms with Gasteiger partial charge in [-0.05, 0) is 36.3 Å². The second-order valence-corrected chi connectivity index (χ2v) is 8.16. The van der Waals surface area contributed by atoms with Gasteiger partial charge in [0.2, 0.25) is 0 Å². The van der Waals surface area contributed by atoms with Gasteiger partial charge in [-0.1, -0.05) is 41.7 Å². The van der Waals surface area contributed by atoms with Gasteiger partial charge in [0.15, 0.2) is 5.13 Å². The van der Waals surface area contributed by atoms with Gasteiger partial charge in [-0.15, -0.1) is 0 Å². The van der Waals surface area contributed by atoms with Crippen LogP contribution in [-0.4, -0.2) is 55.2 Å². The largest absolute Gasteiger partial charge is 0.379 e. The summed E-state index contributed by atoms with van der Waals surface area (Å²) in [6.07, 6.45) is 4.22. The number of rotatable bonds is 7. The van der Waals surface area contributed by atoms with E-state index >= 15 is 0 Å². The molecule has 1 fully saturated rings. The molecule has 1 aromatic heterocycles. The summed E-state index contributed by atoms with van der Waals surface area (Å²) in [4.78, 5) is 21.7. The van der Waals surface area contributed by atoms with Crippen LogP contribution in [-0.2, 0) is 9.53 Å². The number of morpholine rings is 1. The van der Waals surface area contributed by atoms with Crippen LogP contribution < -0.4 is 4.90 Å². The summed E-state index contributed by atoms with van der Waals surface area (Å²) >= 11 is 1.34. The zero-order valence-corrected chi connectivity index (χ0v) is 17.5. The number of ether oxygens (including phenoxy) is 1. The highest BCUT2D eigenvalue weighted by molar-refractivity contribution is 7.22. The fraction of sp³-hybridized carbons (Fsp3) is 0.304. The highest BCUT2D eigenvalue weighted by Gasteiger charge is 2.19. The summed E-state index contributed by atoms with van der Waals surface area (Å²) in [5.41, 5.74) is 1.67. The number of anilines is 1. The summed E-state index contributed by atoms with van der Waals surface area (Å²) < 4.78 is 19.7. The number of amides is 1. The maximum Gasteiger partial charge on any atom is 0.252 e. The van der Waals surface area contributed by atoms with E-state index in [1.807, 2.05) is 36.4 Å². The smallest absolute Gasteiger partial charge is 0.252 e. The monoisotopic (exact) mass is 425 g/mol. The first-order valence-electron chi connectivity index (χ1n) is 10.1. The van der Waals surface area contributed by atoms with E-state index in [9.17, 15) is 9.18 Å². The third-order valence-electron chi connectivity index (χ3n) is 5.01.